The smallest absolute Gasteiger partial charge is 0.243 e. The lowest BCUT2D eigenvalue weighted by atomic mass is 9.87. The number of amides is 1. The lowest BCUT2D eigenvalue weighted by Gasteiger charge is -2.28. The molecule has 0 bridgehead atoms. The minimum atomic E-state index is -3.89. The molecule has 7 nitrogen and oxygen atoms in total. The number of carbonyl (C=O) groups is 1. The van der Waals surface area contributed by atoms with Crippen LogP contribution in [0.5, 0.6) is 0 Å². The van der Waals surface area contributed by atoms with Gasteiger partial charge in [0, 0.05) is 49.2 Å². The van der Waals surface area contributed by atoms with Crippen LogP contribution < -0.4 is 0 Å². The average Bonchev–Trinajstić information content (AvgIpc) is 3.39. The fourth-order valence-electron chi connectivity index (χ4n) is 4.67. The summed E-state index contributed by atoms with van der Waals surface area (Å²) in [6, 6.07) is 19.2. The second-order valence-electron chi connectivity index (χ2n) is 11.6. The molecule has 0 radical (unpaired) electrons. The number of sulfonamides is 1. The molecule has 0 N–H and O–H groups in total. The molecule has 0 aliphatic carbocycles. The van der Waals surface area contributed by atoms with Crippen molar-refractivity contribution < 1.29 is 17.9 Å². The minimum Gasteiger partial charge on any atom is -0.382 e. The Labute approximate surface area is 261 Å². The Hall–Kier alpha value is -2.46. The van der Waals surface area contributed by atoms with Gasteiger partial charge in [-0.15, -0.1) is 0 Å². The van der Waals surface area contributed by atoms with E-state index in [4.69, 9.17) is 4.74 Å². The normalized spacial score (nSPS) is 12.2. The molecule has 3 aromatic rings. The first-order valence-corrected chi connectivity index (χ1v) is 17.0. The Balaban J connectivity index is 1.83. The van der Waals surface area contributed by atoms with Gasteiger partial charge in [0.1, 0.15) is 0 Å². The van der Waals surface area contributed by atoms with Crippen LogP contribution in [0, 0.1) is 0 Å². The van der Waals surface area contributed by atoms with Gasteiger partial charge in [-0.2, -0.15) is 4.31 Å². The number of nitrogens with zero attached hydrogens (tertiary/aromatic N) is 3. The number of ether oxygens (including phenoxy) is 1. The van der Waals surface area contributed by atoms with Crippen molar-refractivity contribution in [3.63, 3.8) is 0 Å². The number of benzene rings is 2. The molecule has 0 saturated heterocycles. The number of unbranched alkanes of at least 4 members (excludes halogenated alkanes) is 1. The first kappa shape index (κ1) is 34.0. The van der Waals surface area contributed by atoms with E-state index in [0.29, 0.717) is 39.3 Å². The fraction of sp³-hybridized carbons (Fsp3) is 0.485. The Kier molecular flexibility index (Phi) is 12.8. The van der Waals surface area contributed by atoms with Crippen LogP contribution in [0.15, 0.2) is 76.2 Å². The molecular weight excluding hydrogens is 614 g/mol. The highest BCUT2D eigenvalue weighted by Gasteiger charge is 2.29. The van der Waals surface area contributed by atoms with E-state index in [1.54, 1.807) is 17.0 Å². The SMILES string of the molecule is CCCCN(Cc1cccn1Cc1ccc(Br)cc1)C(=O)CN(CCCOCC)S(=O)(=O)c1ccc(C(C)(C)C)cc1. The van der Waals surface area contributed by atoms with Crippen LogP contribution in [0.25, 0.3) is 0 Å². The Morgan fingerprint density at radius 2 is 1.64 bits per heavy atom. The number of halogens is 1. The van der Waals surface area contributed by atoms with Crippen LogP contribution in [-0.4, -0.2) is 60.9 Å². The van der Waals surface area contributed by atoms with Crippen LogP contribution in [-0.2, 0) is 38.1 Å². The van der Waals surface area contributed by atoms with Crippen molar-refractivity contribution in [2.75, 3.05) is 32.8 Å². The number of aromatic nitrogens is 1. The maximum Gasteiger partial charge on any atom is 0.243 e. The number of rotatable bonds is 16. The molecule has 0 fully saturated rings. The third kappa shape index (κ3) is 9.79. The topological polar surface area (TPSA) is 71.9 Å². The number of hydrogen-bond donors (Lipinski definition) is 0. The summed E-state index contributed by atoms with van der Waals surface area (Å²) in [4.78, 5) is 15.8. The van der Waals surface area contributed by atoms with Crippen molar-refractivity contribution in [1.29, 1.82) is 0 Å². The largest absolute Gasteiger partial charge is 0.382 e. The van der Waals surface area contributed by atoms with E-state index in [0.717, 1.165) is 34.1 Å². The van der Waals surface area contributed by atoms with Crippen molar-refractivity contribution in [3.05, 3.63) is 88.2 Å². The average molecular weight is 661 g/mol. The zero-order valence-corrected chi connectivity index (χ0v) is 28.1. The third-order valence-electron chi connectivity index (χ3n) is 7.25. The molecule has 9 heteroatoms. The van der Waals surface area contributed by atoms with Gasteiger partial charge in [0.05, 0.1) is 18.0 Å². The molecule has 0 aliphatic rings. The predicted molar refractivity (Wildman–Crippen MR) is 173 cm³/mol. The monoisotopic (exact) mass is 659 g/mol. The van der Waals surface area contributed by atoms with E-state index in [9.17, 15) is 13.2 Å². The summed E-state index contributed by atoms with van der Waals surface area (Å²) in [7, 11) is -3.89. The second kappa shape index (κ2) is 15.8. The van der Waals surface area contributed by atoms with E-state index in [1.165, 1.54) is 4.31 Å². The summed E-state index contributed by atoms with van der Waals surface area (Å²) in [6.07, 6.45) is 4.29. The second-order valence-corrected chi connectivity index (χ2v) is 14.4. The lowest BCUT2D eigenvalue weighted by molar-refractivity contribution is -0.132. The van der Waals surface area contributed by atoms with Gasteiger partial charge in [-0.1, -0.05) is 74.3 Å². The molecule has 0 aliphatic heterocycles. The highest BCUT2D eigenvalue weighted by molar-refractivity contribution is 9.10. The van der Waals surface area contributed by atoms with Crippen molar-refractivity contribution in [1.82, 2.24) is 13.8 Å². The summed E-state index contributed by atoms with van der Waals surface area (Å²) >= 11 is 3.49. The molecule has 3 rings (SSSR count). The fourth-order valence-corrected chi connectivity index (χ4v) is 6.36. The van der Waals surface area contributed by atoms with Gasteiger partial charge in [-0.3, -0.25) is 4.79 Å². The van der Waals surface area contributed by atoms with Crippen LogP contribution >= 0.6 is 15.9 Å². The number of carbonyl (C=O) groups excluding carboxylic acids is 1. The molecule has 230 valence electrons. The van der Waals surface area contributed by atoms with Gasteiger partial charge >= 0.3 is 0 Å². The summed E-state index contributed by atoms with van der Waals surface area (Å²) in [5.74, 6) is -0.203. The first-order valence-electron chi connectivity index (χ1n) is 14.8. The zero-order chi connectivity index (χ0) is 30.8. The first-order chi connectivity index (χ1) is 20.0. The summed E-state index contributed by atoms with van der Waals surface area (Å²) in [5.41, 5.74) is 3.12. The molecule has 1 amide bonds. The molecule has 1 heterocycles. The van der Waals surface area contributed by atoms with Crippen molar-refractivity contribution >= 4 is 31.9 Å². The maximum absolute atomic E-state index is 13.8. The molecule has 0 atom stereocenters. The van der Waals surface area contributed by atoms with E-state index >= 15 is 0 Å². The van der Waals surface area contributed by atoms with E-state index in [1.807, 2.05) is 49.5 Å². The third-order valence-corrected chi connectivity index (χ3v) is 9.63. The summed E-state index contributed by atoms with van der Waals surface area (Å²) in [5, 5.41) is 0. The van der Waals surface area contributed by atoms with Gasteiger partial charge in [0.2, 0.25) is 15.9 Å². The minimum absolute atomic E-state index is 0.0930. The number of hydrogen-bond acceptors (Lipinski definition) is 4. The van der Waals surface area contributed by atoms with Crippen LogP contribution in [0.4, 0.5) is 0 Å². The van der Waals surface area contributed by atoms with Crippen LogP contribution in [0.1, 0.15) is 70.7 Å². The molecule has 2 aromatic carbocycles. The highest BCUT2D eigenvalue weighted by Crippen LogP contribution is 2.25. The Morgan fingerprint density at radius 3 is 2.26 bits per heavy atom. The summed E-state index contributed by atoms with van der Waals surface area (Å²) < 4.78 is 37.6. The quantitative estimate of drug-likeness (QED) is 0.158. The van der Waals surface area contributed by atoms with Gasteiger partial charge in [-0.25, -0.2) is 8.42 Å². The Bertz CT molecular complexity index is 1360. The Morgan fingerprint density at radius 1 is 0.952 bits per heavy atom. The van der Waals surface area contributed by atoms with Crippen LogP contribution in [0.3, 0.4) is 0 Å². The van der Waals surface area contributed by atoms with Gasteiger partial charge < -0.3 is 14.2 Å². The zero-order valence-electron chi connectivity index (χ0n) is 25.7. The van der Waals surface area contributed by atoms with Gasteiger partial charge in [-0.05, 0) is 72.7 Å². The molecular formula is C33H46BrN3O4S. The van der Waals surface area contributed by atoms with Gasteiger partial charge in [0.15, 0.2) is 0 Å². The van der Waals surface area contributed by atoms with Gasteiger partial charge in [0.25, 0.3) is 0 Å². The molecule has 0 saturated carbocycles. The van der Waals surface area contributed by atoms with Crippen molar-refractivity contribution in [2.24, 2.45) is 0 Å². The maximum atomic E-state index is 13.8. The van der Waals surface area contributed by atoms with E-state index < -0.39 is 10.0 Å². The van der Waals surface area contributed by atoms with Crippen LogP contribution in [0.2, 0.25) is 0 Å². The molecule has 0 unspecified atom stereocenters. The highest BCUT2D eigenvalue weighted by atomic mass is 79.9. The molecule has 1 aromatic heterocycles. The van der Waals surface area contributed by atoms with Crippen molar-refractivity contribution in [3.8, 4) is 0 Å². The lowest BCUT2D eigenvalue weighted by Crippen LogP contribution is -2.43. The van der Waals surface area contributed by atoms with E-state index in [2.05, 4.69) is 60.3 Å². The molecule has 0 spiro atoms. The summed E-state index contributed by atoms with van der Waals surface area (Å²) in [6.45, 7) is 12.9. The molecule has 42 heavy (non-hydrogen) atoms. The van der Waals surface area contributed by atoms with Crippen molar-refractivity contribution in [2.45, 2.75) is 77.3 Å². The standard InChI is InChI=1S/C33H46BrN3O4S/c1-6-8-20-36(25-30-11-9-21-35(30)24-27-12-16-29(34)17-13-27)32(38)26-37(22-10-23-41-7-2)42(39,40)31-18-14-28(15-19-31)33(3,4)5/h9,11-19,21H,6-8,10,20,22-26H2,1-5H3. The van der Waals surface area contributed by atoms with E-state index in [-0.39, 0.29) is 29.3 Å². The predicted octanol–water partition coefficient (Wildman–Crippen LogP) is 6.84.